The van der Waals surface area contributed by atoms with Crippen LogP contribution >= 0.6 is 0 Å². The SMILES string of the molecule is CC(O)(O)NCCCN(O)O. The molecule has 0 spiro atoms. The summed E-state index contributed by atoms with van der Waals surface area (Å²) in [6.07, 6.45) is 0.406. The summed E-state index contributed by atoms with van der Waals surface area (Å²) in [7, 11) is 0. The molecule has 0 rings (SSSR count). The Morgan fingerprint density at radius 2 is 1.91 bits per heavy atom. The zero-order valence-corrected chi connectivity index (χ0v) is 6.36. The number of hydroxylamine groups is 2. The van der Waals surface area contributed by atoms with E-state index >= 15 is 0 Å². The lowest BCUT2D eigenvalue weighted by atomic mass is 10.4. The minimum absolute atomic E-state index is 0.0494. The van der Waals surface area contributed by atoms with Gasteiger partial charge < -0.3 is 10.2 Å². The van der Waals surface area contributed by atoms with E-state index in [9.17, 15) is 0 Å². The molecule has 0 saturated carbocycles. The van der Waals surface area contributed by atoms with Crippen molar-refractivity contribution in [2.75, 3.05) is 13.1 Å². The summed E-state index contributed by atoms with van der Waals surface area (Å²) in [6, 6.07) is 0. The third-order valence-corrected chi connectivity index (χ3v) is 0.995. The molecule has 0 atom stereocenters. The lowest BCUT2D eigenvalue weighted by Gasteiger charge is -2.17. The summed E-state index contributed by atoms with van der Waals surface area (Å²) in [5.41, 5.74) is 0. The van der Waals surface area contributed by atoms with Gasteiger partial charge in [-0.05, 0) is 6.42 Å². The molecule has 0 aromatic rings. The van der Waals surface area contributed by atoms with Gasteiger partial charge in [-0.1, -0.05) is 5.23 Å². The molecule has 0 unspecified atom stereocenters. The van der Waals surface area contributed by atoms with Crippen molar-refractivity contribution >= 4 is 0 Å². The molecule has 68 valence electrons. The summed E-state index contributed by atoms with van der Waals surface area (Å²) in [5, 5.41) is 36.2. The van der Waals surface area contributed by atoms with Crippen LogP contribution in [0.15, 0.2) is 0 Å². The fourth-order valence-electron chi connectivity index (χ4n) is 0.546. The van der Waals surface area contributed by atoms with Crippen molar-refractivity contribution in [3.63, 3.8) is 0 Å². The van der Waals surface area contributed by atoms with E-state index in [1.807, 2.05) is 0 Å². The van der Waals surface area contributed by atoms with Gasteiger partial charge in [0.1, 0.15) is 0 Å². The predicted octanol–water partition coefficient (Wildman–Crippen LogP) is -1.30. The Kier molecular flexibility index (Phi) is 4.50. The van der Waals surface area contributed by atoms with E-state index in [2.05, 4.69) is 5.32 Å². The molecule has 0 aliphatic heterocycles. The molecule has 0 aromatic heterocycles. The van der Waals surface area contributed by atoms with Crippen molar-refractivity contribution in [3.05, 3.63) is 0 Å². The lowest BCUT2D eigenvalue weighted by Crippen LogP contribution is -2.42. The van der Waals surface area contributed by atoms with Crippen molar-refractivity contribution in [1.29, 1.82) is 0 Å². The van der Waals surface area contributed by atoms with Crippen LogP contribution in [-0.2, 0) is 0 Å². The maximum atomic E-state index is 8.69. The molecular formula is C5H14N2O4. The molecule has 0 radical (unpaired) electrons. The van der Waals surface area contributed by atoms with Gasteiger partial charge in [-0.3, -0.25) is 15.7 Å². The van der Waals surface area contributed by atoms with Gasteiger partial charge in [0.25, 0.3) is 0 Å². The van der Waals surface area contributed by atoms with Crippen molar-refractivity contribution in [3.8, 4) is 0 Å². The number of nitrogens with zero attached hydrogens (tertiary/aromatic N) is 1. The van der Waals surface area contributed by atoms with Gasteiger partial charge in [0.2, 0.25) is 5.91 Å². The van der Waals surface area contributed by atoms with E-state index in [4.69, 9.17) is 20.6 Å². The Labute approximate surface area is 64.6 Å². The standard InChI is InChI=1S/C5H14N2O4/c1-5(8,9)6-3-2-4-7(10)11/h6,8-11H,2-4H2,1H3. The minimum atomic E-state index is -1.89. The maximum Gasteiger partial charge on any atom is 0.219 e. The van der Waals surface area contributed by atoms with Crippen molar-refractivity contribution in [2.45, 2.75) is 19.3 Å². The molecular weight excluding hydrogens is 152 g/mol. The van der Waals surface area contributed by atoms with Gasteiger partial charge in [-0.15, -0.1) is 0 Å². The molecule has 0 saturated heterocycles. The van der Waals surface area contributed by atoms with Crippen LogP contribution in [0, 0.1) is 0 Å². The first-order valence-corrected chi connectivity index (χ1v) is 3.27. The molecule has 5 N–H and O–H groups in total. The van der Waals surface area contributed by atoms with Gasteiger partial charge in [0.05, 0.1) is 6.54 Å². The first-order valence-electron chi connectivity index (χ1n) is 3.27. The van der Waals surface area contributed by atoms with Crippen LogP contribution in [0.1, 0.15) is 13.3 Å². The number of aliphatic hydroxyl groups is 2. The van der Waals surface area contributed by atoms with Gasteiger partial charge in [0.15, 0.2) is 0 Å². The molecule has 0 fully saturated rings. The number of hydrogen-bond donors (Lipinski definition) is 5. The van der Waals surface area contributed by atoms with Crippen molar-refractivity contribution in [1.82, 2.24) is 10.5 Å². The fourth-order valence-corrected chi connectivity index (χ4v) is 0.546. The summed E-state index contributed by atoms with van der Waals surface area (Å²) in [4.78, 5) is 0. The topological polar surface area (TPSA) is 96.2 Å². The molecule has 6 nitrogen and oxygen atoms in total. The summed E-state index contributed by atoms with van der Waals surface area (Å²) >= 11 is 0. The van der Waals surface area contributed by atoms with E-state index in [0.717, 1.165) is 0 Å². The van der Waals surface area contributed by atoms with Gasteiger partial charge in [-0.2, -0.15) is 0 Å². The third-order valence-electron chi connectivity index (χ3n) is 0.995. The fraction of sp³-hybridized carbons (Fsp3) is 1.00. The molecule has 11 heavy (non-hydrogen) atoms. The van der Waals surface area contributed by atoms with E-state index in [-0.39, 0.29) is 11.8 Å². The average molecular weight is 166 g/mol. The molecule has 0 aliphatic carbocycles. The molecule has 0 bridgehead atoms. The van der Waals surface area contributed by atoms with E-state index in [0.29, 0.717) is 13.0 Å². The first kappa shape index (κ1) is 10.8. The second-order valence-corrected chi connectivity index (χ2v) is 2.40. The van der Waals surface area contributed by atoms with E-state index in [1.165, 1.54) is 6.92 Å². The Bertz CT molecular complexity index is 101. The van der Waals surface area contributed by atoms with Gasteiger partial charge in [0, 0.05) is 13.5 Å². The van der Waals surface area contributed by atoms with Crippen LogP contribution in [0.4, 0.5) is 0 Å². The monoisotopic (exact) mass is 166 g/mol. The smallest absolute Gasteiger partial charge is 0.219 e. The Morgan fingerprint density at radius 3 is 2.27 bits per heavy atom. The van der Waals surface area contributed by atoms with Gasteiger partial charge in [-0.25, -0.2) is 0 Å². The Hall–Kier alpha value is -0.240. The van der Waals surface area contributed by atoms with Crippen LogP contribution in [0.5, 0.6) is 0 Å². The van der Waals surface area contributed by atoms with Crippen LogP contribution in [0.3, 0.4) is 0 Å². The van der Waals surface area contributed by atoms with Crippen molar-refractivity contribution in [2.24, 2.45) is 0 Å². The second-order valence-electron chi connectivity index (χ2n) is 2.40. The average Bonchev–Trinajstić information content (AvgIpc) is 1.78. The number of hydrogen-bond acceptors (Lipinski definition) is 6. The Balaban J connectivity index is 3.15. The van der Waals surface area contributed by atoms with Crippen molar-refractivity contribution < 1.29 is 20.6 Å². The van der Waals surface area contributed by atoms with Gasteiger partial charge >= 0.3 is 0 Å². The first-order chi connectivity index (χ1) is 4.92. The molecule has 0 aliphatic rings. The normalized spacial score (nSPS) is 12.5. The van der Waals surface area contributed by atoms with Crippen LogP contribution in [-0.4, -0.2) is 44.9 Å². The highest BCUT2D eigenvalue weighted by Gasteiger charge is 2.12. The van der Waals surface area contributed by atoms with E-state index in [1.54, 1.807) is 0 Å². The largest absolute Gasteiger partial charge is 0.354 e. The summed E-state index contributed by atoms with van der Waals surface area (Å²) in [5.74, 6) is -1.89. The molecule has 0 amide bonds. The highest BCUT2D eigenvalue weighted by molar-refractivity contribution is 4.53. The molecule has 6 heteroatoms. The highest BCUT2D eigenvalue weighted by Crippen LogP contribution is 1.89. The molecule has 0 heterocycles. The maximum absolute atomic E-state index is 8.69. The second kappa shape index (κ2) is 4.60. The third kappa shape index (κ3) is 9.76. The minimum Gasteiger partial charge on any atom is -0.354 e. The summed E-state index contributed by atoms with van der Waals surface area (Å²) in [6.45, 7) is 1.53. The highest BCUT2D eigenvalue weighted by atomic mass is 16.8. The van der Waals surface area contributed by atoms with Crippen LogP contribution in [0.2, 0.25) is 0 Å². The predicted molar refractivity (Wildman–Crippen MR) is 35.7 cm³/mol. The zero-order valence-electron chi connectivity index (χ0n) is 6.36. The lowest BCUT2D eigenvalue weighted by molar-refractivity contribution is -0.307. The number of rotatable bonds is 5. The van der Waals surface area contributed by atoms with Crippen LogP contribution < -0.4 is 5.32 Å². The summed E-state index contributed by atoms with van der Waals surface area (Å²) < 4.78 is 0. The number of nitrogens with one attached hydrogen (secondary N) is 1. The van der Waals surface area contributed by atoms with Crippen LogP contribution in [0.25, 0.3) is 0 Å². The quantitative estimate of drug-likeness (QED) is 0.198. The molecule has 0 aromatic carbocycles. The zero-order chi connectivity index (χ0) is 8.91. The van der Waals surface area contributed by atoms with E-state index < -0.39 is 5.91 Å². The Morgan fingerprint density at radius 1 is 1.36 bits per heavy atom.